The van der Waals surface area contributed by atoms with E-state index in [1.165, 1.54) is 6.92 Å². The van der Waals surface area contributed by atoms with E-state index in [0.717, 1.165) is 0 Å². The maximum Gasteiger partial charge on any atom is 0.334 e. The molecule has 0 saturated carbocycles. The lowest BCUT2D eigenvalue weighted by Gasteiger charge is -2.29. The van der Waals surface area contributed by atoms with Crippen molar-refractivity contribution in [3.05, 3.63) is 35.5 Å². The molecule has 0 amide bonds. The summed E-state index contributed by atoms with van der Waals surface area (Å²) in [6.07, 6.45) is 1.03. The third kappa shape index (κ3) is 3.63. The van der Waals surface area contributed by atoms with Gasteiger partial charge in [0, 0.05) is 18.1 Å². The molecule has 24 heavy (non-hydrogen) atoms. The van der Waals surface area contributed by atoms with E-state index in [9.17, 15) is 24.6 Å². The van der Waals surface area contributed by atoms with E-state index >= 15 is 0 Å². The summed E-state index contributed by atoms with van der Waals surface area (Å²) in [4.78, 5) is 34.6. The van der Waals surface area contributed by atoms with Crippen molar-refractivity contribution in [2.45, 2.75) is 38.1 Å². The number of aliphatic hydroxyl groups is 2. The van der Waals surface area contributed by atoms with Gasteiger partial charge >= 0.3 is 11.9 Å². The van der Waals surface area contributed by atoms with Crippen molar-refractivity contribution in [2.75, 3.05) is 6.61 Å². The maximum absolute atomic E-state index is 11.8. The first-order valence-corrected chi connectivity index (χ1v) is 7.59. The first-order valence-electron chi connectivity index (χ1n) is 7.59. The van der Waals surface area contributed by atoms with Gasteiger partial charge in [-0.15, -0.1) is 0 Å². The lowest BCUT2D eigenvalue weighted by atomic mass is 9.84. The summed E-state index contributed by atoms with van der Waals surface area (Å²) in [5.74, 6) is -2.22. The molecule has 0 aromatic heterocycles. The van der Waals surface area contributed by atoms with Crippen LogP contribution in [0, 0.1) is 5.92 Å². The molecule has 1 heterocycles. The zero-order valence-corrected chi connectivity index (χ0v) is 13.3. The summed E-state index contributed by atoms with van der Waals surface area (Å²) in [5.41, 5.74) is 0.749. The van der Waals surface area contributed by atoms with E-state index in [0.29, 0.717) is 24.7 Å². The molecule has 4 atom stereocenters. The Morgan fingerprint density at radius 3 is 2.83 bits per heavy atom. The molecule has 0 radical (unpaired) electrons. The second-order valence-corrected chi connectivity index (χ2v) is 5.79. The molecule has 2 aliphatic rings. The summed E-state index contributed by atoms with van der Waals surface area (Å²) in [6, 6.07) is 0. The minimum absolute atomic E-state index is 0.0315. The molecular formula is C17H20O7. The third-order valence-corrected chi connectivity index (χ3v) is 4.15. The van der Waals surface area contributed by atoms with Gasteiger partial charge in [-0.3, -0.25) is 9.59 Å². The van der Waals surface area contributed by atoms with Gasteiger partial charge in [0.2, 0.25) is 0 Å². The van der Waals surface area contributed by atoms with Gasteiger partial charge in [0.15, 0.2) is 6.10 Å². The minimum atomic E-state index is -1.39. The zero-order valence-electron chi connectivity index (χ0n) is 13.3. The van der Waals surface area contributed by atoms with Crippen LogP contribution in [0.2, 0.25) is 0 Å². The Bertz CT molecular complexity index is 616. The minimum Gasteiger partial charge on any atom is -0.455 e. The van der Waals surface area contributed by atoms with Gasteiger partial charge in [-0.2, -0.15) is 0 Å². The van der Waals surface area contributed by atoms with Gasteiger partial charge in [-0.1, -0.05) is 12.7 Å². The summed E-state index contributed by atoms with van der Waals surface area (Å²) in [5, 5.41) is 20.1. The molecular weight excluding hydrogens is 316 g/mol. The highest BCUT2D eigenvalue weighted by Gasteiger charge is 2.46. The van der Waals surface area contributed by atoms with E-state index in [1.54, 1.807) is 12.2 Å². The smallest absolute Gasteiger partial charge is 0.334 e. The zero-order chi connectivity index (χ0) is 17.9. The average molecular weight is 336 g/mol. The number of carbonyl (C=O) groups is 3. The van der Waals surface area contributed by atoms with Gasteiger partial charge in [0.1, 0.15) is 18.5 Å². The van der Waals surface area contributed by atoms with Gasteiger partial charge in [0.25, 0.3) is 0 Å². The summed E-state index contributed by atoms with van der Waals surface area (Å²) < 4.78 is 10.3. The van der Waals surface area contributed by atoms with Crippen LogP contribution in [0.15, 0.2) is 35.5 Å². The number of rotatable bonds is 3. The summed E-state index contributed by atoms with van der Waals surface area (Å²) in [7, 11) is 0. The number of esters is 2. The SMILES string of the molecule is C=C1C(=O)OC2C=C(CO)CCC=C(C=O)C(OC(C)=O)C(O)C12. The molecule has 1 fully saturated rings. The number of hydrogen-bond donors (Lipinski definition) is 2. The molecule has 2 rings (SSSR count). The van der Waals surface area contributed by atoms with Gasteiger partial charge in [-0.05, 0) is 24.5 Å². The predicted octanol–water partition coefficient (Wildman–Crippen LogP) is 0.215. The van der Waals surface area contributed by atoms with Crippen LogP contribution in [0.25, 0.3) is 0 Å². The fourth-order valence-electron chi connectivity index (χ4n) is 2.95. The standard InChI is InChI=1S/C17H20O7/c1-9-14-13(24-17(9)22)6-11(7-18)4-3-5-12(8-19)16(15(14)21)23-10(2)20/h5-6,8,13-16,18,21H,1,3-4,7H2,2H3. The number of allylic oxidation sites excluding steroid dienone is 1. The lowest BCUT2D eigenvalue weighted by molar-refractivity contribution is -0.152. The Morgan fingerprint density at radius 1 is 1.54 bits per heavy atom. The first-order chi connectivity index (χ1) is 11.4. The van der Waals surface area contributed by atoms with Crippen molar-refractivity contribution in [3.63, 3.8) is 0 Å². The van der Waals surface area contributed by atoms with E-state index in [-0.39, 0.29) is 17.8 Å². The number of ether oxygens (including phenoxy) is 2. The van der Waals surface area contributed by atoms with Crippen LogP contribution in [0.4, 0.5) is 0 Å². The van der Waals surface area contributed by atoms with Crippen molar-refractivity contribution in [1.29, 1.82) is 0 Å². The van der Waals surface area contributed by atoms with E-state index in [4.69, 9.17) is 9.47 Å². The van der Waals surface area contributed by atoms with E-state index in [1.807, 2.05) is 0 Å². The van der Waals surface area contributed by atoms with Gasteiger partial charge < -0.3 is 19.7 Å². The van der Waals surface area contributed by atoms with Crippen molar-refractivity contribution >= 4 is 18.2 Å². The topological polar surface area (TPSA) is 110 Å². The second kappa shape index (κ2) is 7.55. The second-order valence-electron chi connectivity index (χ2n) is 5.79. The number of hydrogen-bond acceptors (Lipinski definition) is 7. The van der Waals surface area contributed by atoms with Crippen LogP contribution in [-0.4, -0.2) is 53.4 Å². The molecule has 1 aliphatic carbocycles. The van der Waals surface area contributed by atoms with Crippen LogP contribution < -0.4 is 0 Å². The molecule has 0 aromatic carbocycles. The summed E-state index contributed by atoms with van der Waals surface area (Å²) in [6.45, 7) is 4.57. The third-order valence-electron chi connectivity index (χ3n) is 4.15. The highest BCUT2D eigenvalue weighted by molar-refractivity contribution is 5.91. The van der Waals surface area contributed by atoms with Crippen LogP contribution in [0.5, 0.6) is 0 Å². The van der Waals surface area contributed by atoms with E-state index < -0.39 is 36.2 Å². The van der Waals surface area contributed by atoms with Crippen molar-refractivity contribution in [1.82, 2.24) is 0 Å². The normalized spacial score (nSPS) is 30.6. The van der Waals surface area contributed by atoms with Crippen LogP contribution in [0.3, 0.4) is 0 Å². The van der Waals surface area contributed by atoms with Gasteiger partial charge in [0.05, 0.1) is 12.5 Å². The molecule has 2 N–H and O–H groups in total. The highest BCUT2D eigenvalue weighted by atomic mass is 16.6. The predicted molar refractivity (Wildman–Crippen MR) is 82.6 cm³/mol. The van der Waals surface area contributed by atoms with Crippen LogP contribution in [0.1, 0.15) is 19.8 Å². The van der Waals surface area contributed by atoms with E-state index in [2.05, 4.69) is 6.58 Å². The Kier molecular flexibility index (Phi) is 5.69. The van der Waals surface area contributed by atoms with Crippen LogP contribution >= 0.6 is 0 Å². The molecule has 1 aliphatic heterocycles. The molecule has 0 spiro atoms. The fourth-order valence-corrected chi connectivity index (χ4v) is 2.95. The molecule has 130 valence electrons. The number of fused-ring (bicyclic) bond motifs is 1. The molecule has 7 heteroatoms. The monoisotopic (exact) mass is 336 g/mol. The Balaban J connectivity index is 2.49. The maximum atomic E-state index is 11.8. The largest absolute Gasteiger partial charge is 0.455 e. The average Bonchev–Trinajstić information content (AvgIpc) is 2.81. The molecule has 0 aromatic rings. The van der Waals surface area contributed by atoms with Crippen molar-refractivity contribution < 1.29 is 34.1 Å². The Morgan fingerprint density at radius 2 is 2.25 bits per heavy atom. The summed E-state index contributed by atoms with van der Waals surface area (Å²) >= 11 is 0. The highest BCUT2D eigenvalue weighted by Crippen LogP contribution is 2.35. The number of aliphatic hydroxyl groups excluding tert-OH is 2. The Labute approximate surface area is 139 Å². The fraction of sp³-hybridized carbons (Fsp3) is 0.471. The van der Waals surface area contributed by atoms with Crippen LogP contribution in [-0.2, 0) is 23.9 Å². The quantitative estimate of drug-likeness (QED) is 0.328. The Hall–Kier alpha value is -2.25. The number of carbonyl (C=O) groups excluding carboxylic acids is 3. The number of aldehydes is 1. The van der Waals surface area contributed by atoms with Crippen molar-refractivity contribution in [2.24, 2.45) is 5.92 Å². The first kappa shape index (κ1) is 18.1. The molecule has 4 unspecified atom stereocenters. The molecule has 0 bridgehead atoms. The van der Waals surface area contributed by atoms with Crippen molar-refractivity contribution in [3.8, 4) is 0 Å². The molecule has 1 saturated heterocycles. The van der Waals surface area contributed by atoms with Gasteiger partial charge in [-0.25, -0.2) is 4.79 Å². The lowest BCUT2D eigenvalue weighted by Crippen LogP contribution is -2.42. The molecule has 7 nitrogen and oxygen atoms in total.